The molecular weight excluding hydrogens is 246 g/mol. The molecule has 0 bridgehead atoms. The van der Waals surface area contributed by atoms with Gasteiger partial charge in [-0.25, -0.2) is 0 Å². The molecule has 0 spiro atoms. The zero-order valence-electron chi connectivity index (χ0n) is 7.51. The SMILES string of the molecule is C[C@@H](N=[N+]=[N-])C(=O)c1ccc(Br)cc1. The summed E-state index contributed by atoms with van der Waals surface area (Å²) >= 11 is 3.27. The molecule has 0 aliphatic carbocycles. The lowest BCUT2D eigenvalue weighted by atomic mass is 10.1. The molecule has 0 unspecified atom stereocenters. The van der Waals surface area contributed by atoms with Gasteiger partial charge in [-0.05, 0) is 24.6 Å². The highest BCUT2D eigenvalue weighted by molar-refractivity contribution is 9.10. The zero-order valence-corrected chi connectivity index (χ0v) is 9.10. The van der Waals surface area contributed by atoms with Crippen LogP contribution in [-0.2, 0) is 0 Å². The molecule has 1 aromatic carbocycles. The Morgan fingerprint density at radius 1 is 1.50 bits per heavy atom. The standard InChI is InChI=1S/C9H8BrN3O/c1-6(12-13-11)9(14)7-2-4-8(10)5-3-7/h2-6H,1H3/t6-/m1/s1. The number of halogens is 1. The molecule has 1 atom stereocenters. The smallest absolute Gasteiger partial charge is 0.171 e. The van der Waals surface area contributed by atoms with Crippen LogP contribution < -0.4 is 0 Å². The van der Waals surface area contributed by atoms with Gasteiger partial charge in [0.25, 0.3) is 0 Å². The molecule has 0 N–H and O–H groups in total. The van der Waals surface area contributed by atoms with E-state index in [2.05, 4.69) is 26.0 Å². The van der Waals surface area contributed by atoms with Crippen molar-refractivity contribution in [3.63, 3.8) is 0 Å². The normalized spacial score (nSPS) is 11.6. The molecule has 4 nitrogen and oxygen atoms in total. The van der Waals surface area contributed by atoms with Gasteiger partial charge in [0.05, 0.1) is 6.04 Å². The number of carbonyl (C=O) groups excluding carboxylic acids is 1. The van der Waals surface area contributed by atoms with Crippen molar-refractivity contribution >= 4 is 21.7 Å². The maximum atomic E-state index is 11.6. The summed E-state index contributed by atoms with van der Waals surface area (Å²) in [4.78, 5) is 14.2. The zero-order chi connectivity index (χ0) is 10.6. The molecule has 0 radical (unpaired) electrons. The first-order valence-electron chi connectivity index (χ1n) is 3.99. The molecule has 0 amide bonds. The minimum Gasteiger partial charge on any atom is -0.294 e. The summed E-state index contributed by atoms with van der Waals surface area (Å²) in [7, 11) is 0. The Labute approximate surface area is 89.7 Å². The monoisotopic (exact) mass is 253 g/mol. The van der Waals surface area contributed by atoms with Crippen LogP contribution in [0.5, 0.6) is 0 Å². The van der Waals surface area contributed by atoms with Crippen molar-refractivity contribution in [2.75, 3.05) is 0 Å². The molecule has 5 heteroatoms. The Morgan fingerprint density at radius 3 is 2.57 bits per heavy atom. The minimum absolute atomic E-state index is 0.171. The van der Waals surface area contributed by atoms with E-state index in [1.54, 1.807) is 31.2 Å². The number of benzene rings is 1. The van der Waals surface area contributed by atoms with Crippen LogP contribution in [-0.4, -0.2) is 11.8 Å². The Balaban J connectivity index is 2.89. The Kier molecular flexibility index (Phi) is 3.68. The fourth-order valence-electron chi connectivity index (χ4n) is 0.985. The van der Waals surface area contributed by atoms with Crippen molar-refractivity contribution in [3.05, 3.63) is 44.7 Å². The van der Waals surface area contributed by atoms with E-state index in [0.717, 1.165) is 4.47 Å². The number of carbonyl (C=O) groups is 1. The second-order valence-corrected chi connectivity index (χ2v) is 3.67. The fourth-order valence-corrected chi connectivity index (χ4v) is 1.25. The number of nitrogens with zero attached hydrogens (tertiary/aromatic N) is 3. The van der Waals surface area contributed by atoms with Gasteiger partial charge in [0.2, 0.25) is 0 Å². The molecule has 72 valence electrons. The van der Waals surface area contributed by atoms with Crippen molar-refractivity contribution in [2.24, 2.45) is 5.11 Å². The summed E-state index contributed by atoms with van der Waals surface area (Å²) in [6, 6.07) is 6.28. The number of rotatable bonds is 3. The Bertz CT molecular complexity index is 382. The average molecular weight is 254 g/mol. The van der Waals surface area contributed by atoms with Crippen molar-refractivity contribution in [3.8, 4) is 0 Å². The molecule has 14 heavy (non-hydrogen) atoms. The van der Waals surface area contributed by atoms with Crippen LogP contribution in [0.15, 0.2) is 33.9 Å². The fraction of sp³-hybridized carbons (Fsp3) is 0.222. The van der Waals surface area contributed by atoms with Gasteiger partial charge < -0.3 is 0 Å². The number of hydrogen-bond donors (Lipinski definition) is 0. The topological polar surface area (TPSA) is 65.8 Å². The van der Waals surface area contributed by atoms with Crippen LogP contribution in [0.25, 0.3) is 10.4 Å². The predicted octanol–water partition coefficient (Wildman–Crippen LogP) is 3.33. The van der Waals surface area contributed by atoms with Gasteiger partial charge in [-0.3, -0.25) is 4.79 Å². The quantitative estimate of drug-likeness (QED) is 0.353. The van der Waals surface area contributed by atoms with Crippen LogP contribution in [0.1, 0.15) is 17.3 Å². The van der Waals surface area contributed by atoms with E-state index < -0.39 is 6.04 Å². The molecule has 0 saturated heterocycles. The van der Waals surface area contributed by atoms with E-state index in [-0.39, 0.29) is 5.78 Å². The summed E-state index contributed by atoms with van der Waals surface area (Å²) in [6.07, 6.45) is 0. The second kappa shape index (κ2) is 4.79. The van der Waals surface area contributed by atoms with Gasteiger partial charge >= 0.3 is 0 Å². The first kappa shape index (κ1) is 10.8. The highest BCUT2D eigenvalue weighted by atomic mass is 79.9. The molecule has 1 aromatic rings. The number of azide groups is 1. The average Bonchev–Trinajstić information content (AvgIpc) is 2.18. The van der Waals surface area contributed by atoms with Crippen molar-refractivity contribution in [1.82, 2.24) is 0 Å². The second-order valence-electron chi connectivity index (χ2n) is 2.75. The van der Waals surface area contributed by atoms with Crippen LogP contribution in [0, 0.1) is 0 Å². The summed E-state index contributed by atoms with van der Waals surface area (Å²) < 4.78 is 0.908. The molecule has 1 rings (SSSR count). The first-order valence-corrected chi connectivity index (χ1v) is 4.78. The highest BCUT2D eigenvalue weighted by Crippen LogP contribution is 2.12. The van der Waals surface area contributed by atoms with Crippen LogP contribution in [0.4, 0.5) is 0 Å². The molecule has 0 heterocycles. The third-order valence-electron chi connectivity index (χ3n) is 1.73. The van der Waals surface area contributed by atoms with Gasteiger partial charge in [0, 0.05) is 14.9 Å². The van der Waals surface area contributed by atoms with Gasteiger partial charge in [-0.15, -0.1) is 0 Å². The number of hydrogen-bond acceptors (Lipinski definition) is 2. The molecule has 0 saturated carbocycles. The summed E-state index contributed by atoms with van der Waals surface area (Å²) in [5, 5.41) is 3.34. The van der Waals surface area contributed by atoms with E-state index >= 15 is 0 Å². The van der Waals surface area contributed by atoms with Gasteiger partial charge in [-0.1, -0.05) is 33.2 Å². The van der Waals surface area contributed by atoms with E-state index in [1.165, 1.54) is 0 Å². The van der Waals surface area contributed by atoms with E-state index in [1.807, 2.05) is 0 Å². The summed E-state index contributed by atoms with van der Waals surface area (Å²) in [6.45, 7) is 1.57. The third kappa shape index (κ3) is 2.58. The first-order chi connectivity index (χ1) is 6.65. The highest BCUT2D eigenvalue weighted by Gasteiger charge is 2.12. The van der Waals surface area contributed by atoms with Gasteiger partial charge in [0.1, 0.15) is 0 Å². The van der Waals surface area contributed by atoms with Crippen LogP contribution in [0.3, 0.4) is 0 Å². The molecular formula is C9H8BrN3O. The van der Waals surface area contributed by atoms with E-state index in [0.29, 0.717) is 5.56 Å². The lowest BCUT2D eigenvalue weighted by Crippen LogP contribution is -2.13. The van der Waals surface area contributed by atoms with E-state index in [9.17, 15) is 4.79 Å². The van der Waals surface area contributed by atoms with Crippen LogP contribution in [0.2, 0.25) is 0 Å². The maximum absolute atomic E-state index is 11.6. The van der Waals surface area contributed by atoms with E-state index in [4.69, 9.17) is 5.53 Å². The summed E-state index contributed by atoms with van der Waals surface area (Å²) in [5.41, 5.74) is 8.72. The van der Waals surface area contributed by atoms with Crippen LogP contribution >= 0.6 is 15.9 Å². The molecule has 0 aliphatic rings. The summed E-state index contributed by atoms with van der Waals surface area (Å²) in [5.74, 6) is -0.171. The van der Waals surface area contributed by atoms with Gasteiger partial charge in [-0.2, -0.15) is 0 Å². The third-order valence-corrected chi connectivity index (χ3v) is 2.26. The number of Topliss-reactive ketones (excluding diaryl/α,β-unsaturated/α-hetero) is 1. The minimum atomic E-state index is -0.652. The molecule has 0 aromatic heterocycles. The Hall–Kier alpha value is -1.32. The molecule has 0 fully saturated rings. The van der Waals surface area contributed by atoms with Gasteiger partial charge in [0.15, 0.2) is 5.78 Å². The predicted molar refractivity (Wildman–Crippen MR) is 57.1 cm³/mol. The largest absolute Gasteiger partial charge is 0.294 e. The van der Waals surface area contributed by atoms with Crippen molar-refractivity contribution in [1.29, 1.82) is 0 Å². The van der Waals surface area contributed by atoms with Crippen molar-refractivity contribution < 1.29 is 4.79 Å². The lowest BCUT2D eigenvalue weighted by molar-refractivity contribution is 0.0968. The Morgan fingerprint density at radius 2 is 2.07 bits per heavy atom. The maximum Gasteiger partial charge on any atom is 0.171 e. The lowest BCUT2D eigenvalue weighted by Gasteiger charge is -2.03. The molecule has 0 aliphatic heterocycles. The van der Waals surface area contributed by atoms with Crippen molar-refractivity contribution in [2.45, 2.75) is 13.0 Å². The number of ketones is 1.